The van der Waals surface area contributed by atoms with Crippen molar-refractivity contribution in [2.24, 2.45) is 5.10 Å². The Hall–Kier alpha value is -2.76. The molecular formula is C22H21ClN4O4S2. The third-order valence-electron chi connectivity index (χ3n) is 4.91. The van der Waals surface area contributed by atoms with E-state index in [0.29, 0.717) is 57.2 Å². The fourth-order valence-electron chi connectivity index (χ4n) is 3.12. The highest BCUT2D eigenvalue weighted by atomic mass is 35.5. The molecule has 0 radical (unpaired) electrons. The molecule has 1 aliphatic rings. The Kier molecular flexibility index (Phi) is 7.41. The van der Waals surface area contributed by atoms with Crippen LogP contribution in [0.2, 0.25) is 5.02 Å². The number of nitrogens with one attached hydrogen (secondary N) is 2. The normalized spacial score (nSPS) is 14.8. The summed E-state index contributed by atoms with van der Waals surface area (Å²) in [4.78, 5) is 26.4. The van der Waals surface area contributed by atoms with Gasteiger partial charge in [0.25, 0.3) is 11.8 Å². The number of hydrogen-bond acceptors (Lipinski definition) is 8. The first kappa shape index (κ1) is 23.4. The van der Waals surface area contributed by atoms with Crippen molar-refractivity contribution in [3.63, 3.8) is 0 Å². The maximum absolute atomic E-state index is 12.5. The van der Waals surface area contributed by atoms with E-state index in [4.69, 9.17) is 16.3 Å². The number of halogens is 1. The molecule has 1 saturated heterocycles. The Morgan fingerprint density at radius 2 is 1.76 bits per heavy atom. The van der Waals surface area contributed by atoms with Gasteiger partial charge in [0.2, 0.25) is 0 Å². The number of ether oxygens (including phenoxy) is 1. The summed E-state index contributed by atoms with van der Waals surface area (Å²) in [6.07, 6.45) is 0. The molecule has 0 bridgehead atoms. The fourth-order valence-corrected chi connectivity index (χ4v) is 5.04. The quantitative estimate of drug-likeness (QED) is 0.348. The van der Waals surface area contributed by atoms with E-state index in [-0.39, 0.29) is 11.7 Å². The lowest BCUT2D eigenvalue weighted by atomic mass is 10.1. The number of amides is 2. The van der Waals surface area contributed by atoms with Crippen molar-refractivity contribution in [1.82, 2.24) is 15.9 Å². The summed E-state index contributed by atoms with van der Waals surface area (Å²) in [5, 5.41) is 19.0. The van der Waals surface area contributed by atoms with Gasteiger partial charge >= 0.3 is 0 Å². The Bertz CT molecular complexity index is 1180. The monoisotopic (exact) mass is 504 g/mol. The lowest BCUT2D eigenvalue weighted by Crippen LogP contribution is -2.48. The maximum atomic E-state index is 12.5. The highest BCUT2D eigenvalue weighted by molar-refractivity contribution is 7.16. The molecular weight excluding hydrogens is 484 g/mol. The van der Waals surface area contributed by atoms with Gasteiger partial charge in [0.15, 0.2) is 0 Å². The molecule has 3 N–H and O–H groups in total. The van der Waals surface area contributed by atoms with Crippen LogP contribution in [0.15, 0.2) is 46.9 Å². The first-order valence-electron chi connectivity index (χ1n) is 10.1. The second-order valence-corrected chi connectivity index (χ2v) is 9.58. The number of carbonyl (C=O) groups excluding carboxylic acids is 2. The molecule has 0 spiro atoms. The third kappa shape index (κ3) is 5.60. The number of hydrazine groups is 1. The number of carbonyl (C=O) groups is 2. The summed E-state index contributed by atoms with van der Waals surface area (Å²) in [7, 11) is 0. The van der Waals surface area contributed by atoms with Crippen LogP contribution in [-0.4, -0.2) is 53.9 Å². The first-order valence-corrected chi connectivity index (χ1v) is 12.1. The SMILES string of the molecule is C/C(=N\NC(=O)c1ccc(C(=O)NN2CCOCC2)s1)c1csc(-c2ccc(Cl)cc2)c1O. The minimum Gasteiger partial charge on any atom is -0.506 e. The summed E-state index contributed by atoms with van der Waals surface area (Å²) in [5.74, 6) is -0.605. The zero-order valence-corrected chi connectivity index (χ0v) is 20.0. The molecule has 1 aliphatic heterocycles. The smallest absolute Gasteiger partial charge is 0.281 e. The van der Waals surface area contributed by atoms with Crippen LogP contribution in [0.5, 0.6) is 5.75 Å². The zero-order valence-electron chi connectivity index (χ0n) is 17.6. The number of hydrazone groups is 1. The number of aromatic hydroxyl groups is 1. The summed E-state index contributed by atoms with van der Waals surface area (Å²) in [6, 6.07) is 10.4. The zero-order chi connectivity index (χ0) is 23.4. The van der Waals surface area contributed by atoms with Crippen molar-refractivity contribution >= 4 is 51.8 Å². The van der Waals surface area contributed by atoms with Crippen molar-refractivity contribution in [1.29, 1.82) is 0 Å². The second kappa shape index (κ2) is 10.4. The molecule has 0 atom stereocenters. The van der Waals surface area contributed by atoms with Gasteiger partial charge in [-0.05, 0) is 36.8 Å². The minimum atomic E-state index is -0.433. The van der Waals surface area contributed by atoms with E-state index in [9.17, 15) is 14.7 Å². The van der Waals surface area contributed by atoms with Crippen molar-refractivity contribution < 1.29 is 19.4 Å². The molecule has 3 aromatic rings. The minimum absolute atomic E-state index is 0.0935. The van der Waals surface area contributed by atoms with E-state index >= 15 is 0 Å². The highest BCUT2D eigenvalue weighted by Gasteiger charge is 2.18. The van der Waals surface area contributed by atoms with Gasteiger partial charge in [0.1, 0.15) is 5.75 Å². The largest absolute Gasteiger partial charge is 0.506 e. The predicted octanol–water partition coefficient (Wildman–Crippen LogP) is 3.97. The molecule has 3 heterocycles. The molecule has 0 unspecified atom stereocenters. The Morgan fingerprint density at radius 1 is 1.09 bits per heavy atom. The average Bonchev–Trinajstić information content (AvgIpc) is 3.46. The van der Waals surface area contributed by atoms with Crippen LogP contribution >= 0.6 is 34.3 Å². The Labute approximate surface area is 203 Å². The molecule has 1 fully saturated rings. The number of thiophene rings is 2. The molecule has 0 aliphatic carbocycles. The van der Waals surface area contributed by atoms with Crippen LogP contribution < -0.4 is 10.9 Å². The summed E-state index contributed by atoms with van der Waals surface area (Å²) < 4.78 is 5.26. The first-order chi connectivity index (χ1) is 15.9. The van der Waals surface area contributed by atoms with Crippen molar-refractivity contribution in [2.45, 2.75) is 6.92 Å². The van der Waals surface area contributed by atoms with Crippen molar-refractivity contribution in [3.05, 3.63) is 62.1 Å². The predicted molar refractivity (Wildman–Crippen MR) is 130 cm³/mol. The highest BCUT2D eigenvalue weighted by Crippen LogP contribution is 2.39. The number of morpholine rings is 1. The number of hydrogen-bond donors (Lipinski definition) is 3. The third-order valence-corrected chi connectivity index (χ3v) is 7.26. The van der Waals surface area contributed by atoms with Gasteiger partial charge in [-0.2, -0.15) is 5.10 Å². The van der Waals surface area contributed by atoms with Gasteiger partial charge in [-0.1, -0.05) is 23.7 Å². The van der Waals surface area contributed by atoms with Gasteiger partial charge in [-0.3, -0.25) is 15.0 Å². The summed E-state index contributed by atoms with van der Waals surface area (Å²) in [6.45, 7) is 4.07. The topological polar surface area (TPSA) is 103 Å². The van der Waals surface area contributed by atoms with E-state index in [1.165, 1.54) is 11.3 Å². The molecule has 4 rings (SSSR count). The van der Waals surface area contributed by atoms with Crippen LogP contribution in [0.3, 0.4) is 0 Å². The number of nitrogens with zero attached hydrogens (tertiary/aromatic N) is 2. The van der Waals surface area contributed by atoms with Gasteiger partial charge in [-0.25, -0.2) is 10.4 Å². The molecule has 2 aromatic heterocycles. The molecule has 2 amide bonds. The van der Waals surface area contributed by atoms with Crippen LogP contribution in [0.4, 0.5) is 0 Å². The van der Waals surface area contributed by atoms with Crippen LogP contribution in [0.1, 0.15) is 31.8 Å². The van der Waals surface area contributed by atoms with Gasteiger partial charge in [0, 0.05) is 23.5 Å². The van der Waals surface area contributed by atoms with E-state index < -0.39 is 5.91 Å². The lowest BCUT2D eigenvalue weighted by Gasteiger charge is -2.26. The molecule has 8 nitrogen and oxygen atoms in total. The lowest BCUT2D eigenvalue weighted by molar-refractivity contribution is 0.0127. The summed E-state index contributed by atoms with van der Waals surface area (Å²) >= 11 is 8.39. The average molecular weight is 505 g/mol. The second-order valence-electron chi connectivity index (χ2n) is 7.18. The Balaban J connectivity index is 1.39. The number of benzene rings is 1. The Morgan fingerprint density at radius 3 is 2.45 bits per heavy atom. The molecule has 11 heteroatoms. The van der Waals surface area contributed by atoms with Gasteiger partial charge in [-0.15, -0.1) is 22.7 Å². The molecule has 1 aromatic carbocycles. The van der Waals surface area contributed by atoms with Crippen molar-refractivity contribution in [3.8, 4) is 16.2 Å². The molecule has 172 valence electrons. The van der Waals surface area contributed by atoms with Crippen molar-refractivity contribution in [2.75, 3.05) is 26.3 Å². The van der Waals surface area contributed by atoms with E-state index in [0.717, 1.165) is 16.9 Å². The van der Waals surface area contributed by atoms with Crippen LogP contribution in [-0.2, 0) is 4.74 Å². The van der Waals surface area contributed by atoms with E-state index in [1.54, 1.807) is 41.6 Å². The fraction of sp³-hybridized carbons (Fsp3) is 0.227. The van der Waals surface area contributed by atoms with Crippen LogP contribution in [0, 0.1) is 0 Å². The maximum Gasteiger partial charge on any atom is 0.281 e. The van der Waals surface area contributed by atoms with E-state index in [1.807, 2.05) is 12.1 Å². The summed E-state index contributed by atoms with van der Waals surface area (Å²) in [5.41, 5.74) is 7.13. The van der Waals surface area contributed by atoms with Crippen LogP contribution in [0.25, 0.3) is 10.4 Å². The number of rotatable bonds is 6. The molecule has 0 saturated carbocycles. The standard InChI is InChI=1S/C22H21ClN4O4S2/c1-13(16-12-32-20(19(16)28)14-2-4-15(23)5-3-14)24-25-21(29)17-6-7-18(33-17)22(30)26-27-8-10-31-11-9-27/h2-7,12,28H,8-11H2,1H3,(H,25,29)(H,26,30)/b24-13+. The van der Waals surface area contributed by atoms with Gasteiger partial charge < -0.3 is 9.84 Å². The molecule has 33 heavy (non-hydrogen) atoms. The van der Waals surface area contributed by atoms with E-state index in [2.05, 4.69) is 16.0 Å². The van der Waals surface area contributed by atoms with Gasteiger partial charge in [0.05, 0.1) is 39.1 Å².